The van der Waals surface area contributed by atoms with Gasteiger partial charge in [0.15, 0.2) is 0 Å². The van der Waals surface area contributed by atoms with Crippen LogP contribution in [-0.4, -0.2) is 59.5 Å². The first-order valence-corrected chi connectivity index (χ1v) is 6.59. The van der Waals surface area contributed by atoms with Crippen LogP contribution in [0.4, 0.5) is 0 Å². The summed E-state index contributed by atoms with van der Waals surface area (Å²) in [5.41, 5.74) is 0. The van der Waals surface area contributed by atoms with Gasteiger partial charge < -0.3 is 14.9 Å². The lowest BCUT2D eigenvalue weighted by atomic mass is 9.99. The zero-order valence-electron chi connectivity index (χ0n) is 11.6. The molecule has 0 aromatic rings. The van der Waals surface area contributed by atoms with Crippen LogP contribution >= 0.6 is 0 Å². The molecule has 104 valence electrons. The second-order valence-electron chi connectivity index (χ2n) is 5.29. The monoisotopic (exact) mass is 256 g/mol. The maximum Gasteiger partial charge on any atom is 0.305 e. The number of carbonyl (C=O) groups excluding carboxylic acids is 1. The van der Waals surface area contributed by atoms with E-state index in [2.05, 4.69) is 11.9 Å². The van der Waals surface area contributed by atoms with Crippen molar-refractivity contribution in [3.63, 3.8) is 0 Å². The Hall–Kier alpha value is -1.10. The third-order valence-corrected chi connectivity index (χ3v) is 3.86. The Labute approximate surface area is 109 Å². The highest BCUT2D eigenvalue weighted by Gasteiger charge is 2.25. The molecule has 2 unspecified atom stereocenters. The Kier molecular flexibility index (Phi) is 5.59. The molecule has 5 nitrogen and oxygen atoms in total. The molecule has 0 spiro atoms. The number of piperidine rings is 1. The number of nitrogens with zero attached hydrogens (tertiary/aromatic N) is 2. The molecule has 0 bridgehead atoms. The third kappa shape index (κ3) is 4.29. The van der Waals surface area contributed by atoms with Crippen LogP contribution in [0.25, 0.3) is 0 Å². The highest BCUT2D eigenvalue weighted by molar-refractivity contribution is 5.77. The van der Waals surface area contributed by atoms with E-state index in [-0.39, 0.29) is 18.4 Å². The summed E-state index contributed by atoms with van der Waals surface area (Å²) in [5, 5.41) is 8.73. The number of likely N-dealkylation sites (tertiary alicyclic amines) is 1. The van der Waals surface area contributed by atoms with Gasteiger partial charge in [-0.25, -0.2) is 0 Å². The second-order valence-corrected chi connectivity index (χ2v) is 5.29. The number of hydrogen-bond acceptors (Lipinski definition) is 3. The minimum atomic E-state index is -0.864. The molecule has 18 heavy (non-hydrogen) atoms. The number of amides is 1. The van der Waals surface area contributed by atoms with Gasteiger partial charge in [0, 0.05) is 25.6 Å². The predicted octanol–water partition coefficient (Wildman–Crippen LogP) is 1.18. The summed E-state index contributed by atoms with van der Waals surface area (Å²) >= 11 is 0. The zero-order chi connectivity index (χ0) is 13.7. The van der Waals surface area contributed by atoms with E-state index >= 15 is 0 Å². The Morgan fingerprint density at radius 1 is 1.44 bits per heavy atom. The van der Waals surface area contributed by atoms with Crippen molar-refractivity contribution in [1.82, 2.24) is 9.80 Å². The van der Waals surface area contributed by atoms with Crippen LogP contribution in [0.2, 0.25) is 0 Å². The molecular weight excluding hydrogens is 232 g/mol. The largest absolute Gasteiger partial charge is 0.481 e. The minimum Gasteiger partial charge on any atom is -0.481 e. The highest BCUT2D eigenvalue weighted by Crippen LogP contribution is 2.19. The summed E-state index contributed by atoms with van der Waals surface area (Å²) in [4.78, 5) is 26.5. The van der Waals surface area contributed by atoms with Crippen LogP contribution in [0.15, 0.2) is 0 Å². The molecule has 1 N–H and O–H groups in total. The molecule has 5 heteroatoms. The molecule has 1 heterocycles. The number of carbonyl (C=O) groups is 2. The van der Waals surface area contributed by atoms with E-state index in [0.29, 0.717) is 12.5 Å². The van der Waals surface area contributed by atoms with Crippen LogP contribution < -0.4 is 0 Å². The van der Waals surface area contributed by atoms with Gasteiger partial charge in [-0.2, -0.15) is 0 Å². The van der Waals surface area contributed by atoms with Gasteiger partial charge in [-0.15, -0.1) is 0 Å². The van der Waals surface area contributed by atoms with Gasteiger partial charge in [-0.05, 0) is 33.4 Å². The topological polar surface area (TPSA) is 60.9 Å². The maximum atomic E-state index is 12.1. The van der Waals surface area contributed by atoms with E-state index in [1.54, 1.807) is 18.9 Å². The van der Waals surface area contributed by atoms with E-state index in [1.165, 1.54) is 12.8 Å². The summed E-state index contributed by atoms with van der Waals surface area (Å²) in [5.74, 6) is -0.820. The summed E-state index contributed by atoms with van der Waals surface area (Å²) in [6.07, 6.45) is 3.94. The van der Waals surface area contributed by atoms with E-state index in [1.807, 2.05) is 0 Å². The molecule has 0 aliphatic carbocycles. The SMILES string of the molecule is CC(CC(=O)O)N(C)C(=O)CC1CCCCN1C. The fourth-order valence-corrected chi connectivity index (χ4v) is 2.38. The first-order valence-electron chi connectivity index (χ1n) is 6.59. The van der Waals surface area contributed by atoms with Crippen molar-refractivity contribution in [3.8, 4) is 0 Å². The van der Waals surface area contributed by atoms with Crippen molar-refractivity contribution in [2.75, 3.05) is 20.6 Å². The molecule has 1 amide bonds. The first-order chi connectivity index (χ1) is 8.41. The molecule has 1 fully saturated rings. The molecule has 0 radical (unpaired) electrons. The maximum absolute atomic E-state index is 12.1. The number of aliphatic carboxylic acids is 1. The Morgan fingerprint density at radius 3 is 2.67 bits per heavy atom. The van der Waals surface area contributed by atoms with Gasteiger partial charge in [0.2, 0.25) is 5.91 Å². The third-order valence-electron chi connectivity index (χ3n) is 3.86. The molecular formula is C13H24N2O3. The molecule has 0 aromatic heterocycles. The van der Waals surface area contributed by atoms with Gasteiger partial charge in [0.05, 0.1) is 6.42 Å². The van der Waals surface area contributed by atoms with Crippen molar-refractivity contribution in [1.29, 1.82) is 0 Å². The molecule has 0 saturated carbocycles. The lowest BCUT2D eigenvalue weighted by Crippen LogP contribution is -2.43. The van der Waals surface area contributed by atoms with Crippen molar-refractivity contribution in [2.24, 2.45) is 0 Å². The Bertz CT molecular complexity index is 307. The van der Waals surface area contributed by atoms with Gasteiger partial charge in [-0.3, -0.25) is 9.59 Å². The van der Waals surface area contributed by atoms with Crippen molar-refractivity contribution < 1.29 is 14.7 Å². The fraction of sp³-hybridized carbons (Fsp3) is 0.846. The van der Waals surface area contributed by atoms with Crippen molar-refractivity contribution >= 4 is 11.9 Å². The first kappa shape index (κ1) is 15.0. The average molecular weight is 256 g/mol. The minimum absolute atomic E-state index is 0.00272. The smallest absolute Gasteiger partial charge is 0.305 e. The number of carboxylic acid groups (broad SMARTS) is 1. The summed E-state index contributed by atoms with van der Waals surface area (Å²) in [6, 6.07) is 0.0645. The molecule has 1 aliphatic rings. The van der Waals surface area contributed by atoms with Crippen molar-refractivity contribution in [3.05, 3.63) is 0 Å². The van der Waals surface area contributed by atoms with Crippen LogP contribution in [0.5, 0.6) is 0 Å². The van der Waals surface area contributed by atoms with Crippen molar-refractivity contribution in [2.45, 2.75) is 51.1 Å². The summed E-state index contributed by atoms with van der Waals surface area (Å²) in [6.45, 7) is 2.82. The van der Waals surface area contributed by atoms with E-state index in [4.69, 9.17) is 5.11 Å². The summed E-state index contributed by atoms with van der Waals surface area (Å²) in [7, 11) is 3.75. The Balaban J connectivity index is 2.45. The average Bonchev–Trinajstić information content (AvgIpc) is 2.30. The molecule has 1 aliphatic heterocycles. The molecule has 2 atom stereocenters. The van der Waals surface area contributed by atoms with Gasteiger partial charge in [0.25, 0.3) is 0 Å². The van der Waals surface area contributed by atoms with Crippen LogP contribution in [0.1, 0.15) is 39.0 Å². The van der Waals surface area contributed by atoms with Gasteiger partial charge in [-0.1, -0.05) is 6.42 Å². The fourth-order valence-electron chi connectivity index (χ4n) is 2.38. The molecule has 1 saturated heterocycles. The number of rotatable bonds is 5. The predicted molar refractivity (Wildman–Crippen MR) is 69.4 cm³/mol. The van der Waals surface area contributed by atoms with Gasteiger partial charge >= 0.3 is 5.97 Å². The van der Waals surface area contributed by atoms with Crippen LogP contribution in [0.3, 0.4) is 0 Å². The van der Waals surface area contributed by atoms with E-state index in [0.717, 1.165) is 13.0 Å². The lowest BCUT2D eigenvalue weighted by Gasteiger charge is -2.34. The second kappa shape index (κ2) is 6.73. The van der Waals surface area contributed by atoms with Gasteiger partial charge in [0.1, 0.15) is 0 Å². The molecule has 1 rings (SSSR count). The summed E-state index contributed by atoms with van der Waals surface area (Å²) < 4.78 is 0. The van der Waals surface area contributed by atoms with Crippen LogP contribution in [-0.2, 0) is 9.59 Å². The number of hydrogen-bond donors (Lipinski definition) is 1. The normalized spacial score (nSPS) is 22.5. The standard InChI is InChI=1S/C13H24N2O3/c1-10(8-13(17)18)15(3)12(16)9-11-6-4-5-7-14(11)2/h10-11H,4-9H2,1-3H3,(H,17,18). The van der Waals surface area contributed by atoms with Crippen LogP contribution in [0, 0.1) is 0 Å². The lowest BCUT2D eigenvalue weighted by molar-refractivity contribution is -0.140. The van der Waals surface area contributed by atoms with E-state index < -0.39 is 5.97 Å². The number of carboxylic acids is 1. The highest BCUT2D eigenvalue weighted by atomic mass is 16.4. The quantitative estimate of drug-likeness (QED) is 0.802. The Morgan fingerprint density at radius 2 is 2.11 bits per heavy atom. The molecule has 0 aromatic carbocycles. The van der Waals surface area contributed by atoms with E-state index in [9.17, 15) is 9.59 Å². The zero-order valence-corrected chi connectivity index (χ0v) is 11.6.